The number of amides is 1. The van der Waals surface area contributed by atoms with Crippen molar-refractivity contribution in [2.45, 2.75) is 39.0 Å². The second-order valence-electron chi connectivity index (χ2n) is 6.55. The molecule has 0 saturated carbocycles. The summed E-state index contributed by atoms with van der Waals surface area (Å²) < 4.78 is 43.6. The minimum atomic E-state index is -4.33. The van der Waals surface area contributed by atoms with Crippen LogP contribution >= 0.6 is 0 Å². The Hall–Kier alpha value is -1.92. The second kappa shape index (κ2) is 6.29. The fraction of sp³-hybridized carbons (Fsp3) is 0.562. The van der Waals surface area contributed by atoms with Crippen molar-refractivity contribution >= 4 is 6.09 Å². The van der Waals surface area contributed by atoms with E-state index in [0.717, 1.165) is 5.57 Å². The van der Waals surface area contributed by atoms with Gasteiger partial charge in [0.05, 0.1) is 5.57 Å². The summed E-state index contributed by atoms with van der Waals surface area (Å²) in [4.78, 5) is 13.5. The quantitative estimate of drug-likeness (QED) is 0.800. The molecule has 0 aromatic heterocycles. The lowest BCUT2D eigenvalue weighted by Crippen LogP contribution is -2.39. The Morgan fingerprint density at radius 1 is 1.30 bits per heavy atom. The molecule has 0 fully saturated rings. The van der Waals surface area contributed by atoms with Crippen LogP contribution in [0.2, 0.25) is 0 Å². The summed E-state index contributed by atoms with van der Waals surface area (Å²) in [6, 6.07) is 0. The van der Waals surface area contributed by atoms with Crippen LogP contribution in [0.5, 0.6) is 0 Å². The molecule has 0 radical (unpaired) electrons. The molecule has 0 aliphatic carbocycles. The van der Waals surface area contributed by atoms with Crippen LogP contribution in [0.3, 0.4) is 0 Å². The van der Waals surface area contributed by atoms with E-state index in [4.69, 9.17) is 4.74 Å². The van der Waals surface area contributed by atoms with E-state index < -0.39 is 23.4 Å². The average Bonchev–Trinajstić information content (AvgIpc) is 2.45. The number of carbonyl (C=O) groups is 1. The van der Waals surface area contributed by atoms with Crippen LogP contribution in [-0.2, 0) is 4.74 Å². The number of nitrogens with zero attached hydrogens (tertiary/aromatic N) is 1. The molecular weight excluding hydrogens is 309 g/mol. The molecule has 128 valence electrons. The van der Waals surface area contributed by atoms with Crippen LogP contribution in [0.4, 0.5) is 18.0 Å². The van der Waals surface area contributed by atoms with Crippen molar-refractivity contribution in [1.82, 2.24) is 10.2 Å². The van der Waals surface area contributed by atoms with Gasteiger partial charge in [0, 0.05) is 25.8 Å². The molecule has 0 aromatic rings. The van der Waals surface area contributed by atoms with Gasteiger partial charge in [-0.25, -0.2) is 4.79 Å². The number of hydrogen-bond acceptors (Lipinski definition) is 3. The van der Waals surface area contributed by atoms with Crippen LogP contribution in [0, 0.1) is 0 Å². The van der Waals surface area contributed by atoms with Crippen LogP contribution < -0.4 is 5.32 Å². The first kappa shape index (κ1) is 17.4. The van der Waals surface area contributed by atoms with Crippen molar-refractivity contribution < 1.29 is 22.7 Å². The fourth-order valence-corrected chi connectivity index (χ4v) is 2.34. The van der Waals surface area contributed by atoms with Gasteiger partial charge in [-0.1, -0.05) is 6.08 Å². The summed E-state index contributed by atoms with van der Waals surface area (Å²) in [6.07, 6.45) is 0.292. The maximum Gasteiger partial charge on any atom is 0.414 e. The van der Waals surface area contributed by atoms with E-state index in [0.29, 0.717) is 25.1 Å². The molecule has 2 rings (SSSR count). The van der Waals surface area contributed by atoms with Crippen molar-refractivity contribution in [2.75, 3.05) is 19.6 Å². The molecule has 0 unspecified atom stereocenters. The Morgan fingerprint density at radius 3 is 2.52 bits per heavy atom. The topological polar surface area (TPSA) is 41.6 Å². The van der Waals surface area contributed by atoms with Crippen molar-refractivity contribution in [3.8, 4) is 0 Å². The first-order valence-corrected chi connectivity index (χ1v) is 7.45. The Bertz CT molecular complexity index is 569. The highest BCUT2D eigenvalue weighted by Crippen LogP contribution is 2.31. The van der Waals surface area contributed by atoms with Crippen molar-refractivity contribution in [3.63, 3.8) is 0 Å². The summed E-state index contributed by atoms with van der Waals surface area (Å²) in [5.41, 5.74) is 0.165. The average molecular weight is 330 g/mol. The maximum absolute atomic E-state index is 12.8. The predicted octanol–water partition coefficient (Wildman–Crippen LogP) is 3.53. The van der Waals surface area contributed by atoms with Crippen LogP contribution in [-0.4, -0.2) is 42.4 Å². The van der Waals surface area contributed by atoms with Crippen molar-refractivity contribution in [1.29, 1.82) is 0 Å². The Morgan fingerprint density at radius 2 is 2.00 bits per heavy atom. The van der Waals surface area contributed by atoms with Gasteiger partial charge >= 0.3 is 12.3 Å². The summed E-state index contributed by atoms with van der Waals surface area (Å²) >= 11 is 0. The normalized spacial score (nSPS) is 19.4. The molecule has 0 saturated heterocycles. The third kappa shape index (κ3) is 4.77. The number of alkyl halides is 3. The van der Waals surface area contributed by atoms with E-state index in [9.17, 15) is 18.0 Å². The van der Waals surface area contributed by atoms with Crippen molar-refractivity contribution in [2.24, 2.45) is 0 Å². The maximum atomic E-state index is 12.8. The molecule has 0 aromatic carbocycles. The standard InChI is InChI=1S/C16H21F3N2O2/c1-15(2,3)23-14(22)21-6-4-11(5-7-21)12-8-13(10-20-9-12)16(17,18)19/h4,8-9,20H,5-7,10H2,1-3H3. The fourth-order valence-electron chi connectivity index (χ4n) is 2.34. The number of nitrogens with one attached hydrogen (secondary N) is 1. The third-order valence-corrected chi connectivity index (χ3v) is 3.48. The lowest BCUT2D eigenvalue weighted by Gasteiger charge is -2.30. The smallest absolute Gasteiger partial charge is 0.414 e. The van der Waals surface area contributed by atoms with E-state index in [1.807, 2.05) is 0 Å². The molecule has 7 heteroatoms. The van der Waals surface area contributed by atoms with Gasteiger partial charge in [-0.05, 0) is 44.4 Å². The highest BCUT2D eigenvalue weighted by Gasteiger charge is 2.34. The third-order valence-electron chi connectivity index (χ3n) is 3.48. The molecule has 1 amide bonds. The molecular formula is C16H21F3N2O2. The number of dihydropyridines is 1. The second-order valence-corrected chi connectivity index (χ2v) is 6.55. The minimum absolute atomic E-state index is 0.218. The van der Waals surface area contributed by atoms with Gasteiger partial charge in [0.1, 0.15) is 5.60 Å². The summed E-state index contributed by atoms with van der Waals surface area (Å²) in [5.74, 6) is 0. The number of ether oxygens (including phenoxy) is 1. The first-order chi connectivity index (χ1) is 10.6. The van der Waals surface area contributed by atoms with E-state index >= 15 is 0 Å². The van der Waals surface area contributed by atoms with Crippen molar-refractivity contribution in [3.05, 3.63) is 35.1 Å². The van der Waals surface area contributed by atoms with Gasteiger partial charge in [0.25, 0.3) is 0 Å². The van der Waals surface area contributed by atoms with Crippen LogP contribution in [0.25, 0.3) is 0 Å². The lowest BCUT2D eigenvalue weighted by molar-refractivity contribution is -0.0929. The predicted molar refractivity (Wildman–Crippen MR) is 80.7 cm³/mol. The molecule has 0 bridgehead atoms. The lowest BCUT2D eigenvalue weighted by atomic mass is 9.96. The Balaban J connectivity index is 2.04. The van der Waals surface area contributed by atoms with E-state index in [1.165, 1.54) is 6.08 Å². The Labute approximate surface area is 133 Å². The molecule has 2 aliphatic heterocycles. The first-order valence-electron chi connectivity index (χ1n) is 7.45. The van der Waals surface area contributed by atoms with E-state index in [1.54, 1.807) is 37.9 Å². The van der Waals surface area contributed by atoms with E-state index in [2.05, 4.69) is 5.32 Å². The zero-order chi connectivity index (χ0) is 17.3. The molecule has 1 N–H and O–H groups in total. The highest BCUT2D eigenvalue weighted by molar-refractivity contribution is 5.69. The van der Waals surface area contributed by atoms with Gasteiger partial charge in [0.15, 0.2) is 0 Å². The number of halogens is 3. The number of allylic oxidation sites excluding steroid dienone is 2. The zero-order valence-corrected chi connectivity index (χ0v) is 13.5. The SMILES string of the molecule is CC(C)(C)OC(=O)N1CC=C(C2=CNCC(C(F)(F)F)=C2)CC1. The Kier molecular flexibility index (Phi) is 4.77. The summed E-state index contributed by atoms with van der Waals surface area (Å²) in [6.45, 7) is 5.91. The van der Waals surface area contributed by atoms with Gasteiger partial charge in [0.2, 0.25) is 0 Å². The largest absolute Gasteiger partial charge is 0.444 e. The molecule has 4 nitrogen and oxygen atoms in total. The molecule has 2 aliphatic rings. The molecule has 23 heavy (non-hydrogen) atoms. The molecule has 0 spiro atoms. The van der Waals surface area contributed by atoms with E-state index in [-0.39, 0.29) is 6.54 Å². The van der Waals surface area contributed by atoms with Crippen LogP contribution in [0.15, 0.2) is 35.1 Å². The summed E-state index contributed by atoms with van der Waals surface area (Å²) in [5, 5.41) is 2.66. The van der Waals surface area contributed by atoms with Gasteiger partial charge in [-0.3, -0.25) is 0 Å². The van der Waals surface area contributed by atoms with Gasteiger partial charge in [-0.15, -0.1) is 0 Å². The summed E-state index contributed by atoms with van der Waals surface area (Å²) in [7, 11) is 0. The van der Waals surface area contributed by atoms with Gasteiger partial charge in [-0.2, -0.15) is 13.2 Å². The minimum Gasteiger partial charge on any atom is -0.444 e. The monoisotopic (exact) mass is 330 g/mol. The number of carbonyl (C=O) groups excluding carboxylic acids is 1. The highest BCUT2D eigenvalue weighted by atomic mass is 19.4. The number of hydrogen-bond donors (Lipinski definition) is 1. The zero-order valence-electron chi connectivity index (χ0n) is 13.5. The number of rotatable bonds is 1. The van der Waals surface area contributed by atoms with Crippen LogP contribution in [0.1, 0.15) is 27.2 Å². The molecule has 0 atom stereocenters. The van der Waals surface area contributed by atoms with Gasteiger partial charge < -0.3 is 15.0 Å². The molecule has 2 heterocycles.